The second-order valence-corrected chi connectivity index (χ2v) is 7.01. The summed E-state index contributed by atoms with van der Waals surface area (Å²) in [5.74, 6) is 1.05. The highest BCUT2D eigenvalue weighted by Crippen LogP contribution is 2.29. The molecule has 25 heavy (non-hydrogen) atoms. The summed E-state index contributed by atoms with van der Waals surface area (Å²) in [5, 5.41) is 3.01. The average Bonchev–Trinajstić information content (AvgIpc) is 2.63. The molecule has 1 amide bonds. The average molecular weight is 343 g/mol. The minimum atomic E-state index is -0.505. The molecule has 0 saturated heterocycles. The lowest BCUT2D eigenvalue weighted by Crippen LogP contribution is -2.45. The highest BCUT2D eigenvalue weighted by molar-refractivity contribution is 5.96. The summed E-state index contributed by atoms with van der Waals surface area (Å²) in [7, 11) is 0. The van der Waals surface area contributed by atoms with Crippen molar-refractivity contribution in [2.45, 2.75) is 39.2 Å². The van der Waals surface area contributed by atoms with E-state index in [0.29, 0.717) is 17.4 Å². The Hall–Kier alpha value is -2.30. The first-order valence-electron chi connectivity index (χ1n) is 8.93. The molecule has 1 aromatic carbocycles. The normalized spacial score (nSPS) is 25.2. The van der Waals surface area contributed by atoms with Crippen molar-refractivity contribution < 1.29 is 19.1 Å². The van der Waals surface area contributed by atoms with Gasteiger partial charge in [0.25, 0.3) is 5.91 Å². The van der Waals surface area contributed by atoms with E-state index in [-0.39, 0.29) is 25.2 Å². The predicted octanol–water partition coefficient (Wildman–Crippen LogP) is 2.95. The third-order valence-electron chi connectivity index (χ3n) is 5.28. The van der Waals surface area contributed by atoms with Crippen LogP contribution in [0.2, 0.25) is 0 Å². The van der Waals surface area contributed by atoms with Crippen LogP contribution in [0, 0.1) is 11.8 Å². The third kappa shape index (κ3) is 4.21. The zero-order chi connectivity index (χ0) is 17.8. The van der Waals surface area contributed by atoms with E-state index < -0.39 is 5.97 Å². The van der Waals surface area contributed by atoms with E-state index in [4.69, 9.17) is 9.47 Å². The minimum Gasteiger partial charge on any atom is -0.488 e. The Morgan fingerprint density at radius 3 is 2.88 bits per heavy atom. The van der Waals surface area contributed by atoms with Crippen molar-refractivity contribution in [1.29, 1.82) is 0 Å². The fourth-order valence-corrected chi connectivity index (χ4v) is 3.49. The van der Waals surface area contributed by atoms with E-state index in [2.05, 4.69) is 19.2 Å². The SMILES string of the molecule is C[C@@H]1[C@H](C)CCC[C@@H]1NC(=O)COC(=O)C1=Cc2ccccc2OC1. The molecule has 0 spiro atoms. The van der Waals surface area contributed by atoms with Crippen molar-refractivity contribution in [3.63, 3.8) is 0 Å². The number of ether oxygens (including phenoxy) is 2. The number of amides is 1. The molecular formula is C20H25NO4. The van der Waals surface area contributed by atoms with Gasteiger partial charge in [-0.25, -0.2) is 4.79 Å². The molecule has 1 aliphatic carbocycles. The summed E-state index contributed by atoms with van der Waals surface area (Å²) in [5.41, 5.74) is 1.27. The van der Waals surface area contributed by atoms with Gasteiger partial charge in [-0.1, -0.05) is 44.9 Å². The molecule has 3 atom stereocenters. The summed E-state index contributed by atoms with van der Waals surface area (Å²) >= 11 is 0. The van der Waals surface area contributed by atoms with E-state index in [0.717, 1.165) is 24.2 Å². The highest BCUT2D eigenvalue weighted by Gasteiger charge is 2.28. The molecule has 0 unspecified atom stereocenters. The maximum atomic E-state index is 12.2. The zero-order valence-corrected chi connectivity index (χ0v) is 14.8. The van der Waals surface area contributed by atoms with Gasteiger partial charge >= 0.3 is 5.97 Å². The Bertz CT molecular complexity index is 682. The number of hydrogen-bond donors (Lipinski definition) is 1. The van der Waals surface area contributed by atoms with Crippen molar-refractivity contribution in [3.05, 3.63) is 35.4 Å². The van der Waals surface area contributed by atoms with Crippen LogP contribution < -0.4 is 10.1 Å². The standard InChI is InChI=1S/C20H25NO4/c1-13-6-5-8-17(14(13)2)21-19(22)12-25-20(23)16-10-15-7-3-4-9-18(15)24-11-16/h3-4,7,9-10,13-14,17H,5-6,8,11-12H2,1-2H3,(H,21,22)/t13-,14-,17+/m1/s1. The largest absolute Gasteiger partial charge is 0.488 e. The predicted molar refractivity (Wildman–Crippen MR) is 95.0 cm³/mol. The molecule has 1 N–H and O–H groups in total. The number of hydrogen-bond acceptors (Lipinski definition) is 4. The lowest BCUT2D eigenvalue weighted by Gasteiger charge is -2.34. The first-order chi connectivity index (χ1) is 12.0. The number of carbonyl (C=O) groups excluding carboxylic acids is 2. The van der Waals surface area contributed by atoms with Gasteiger partial charge in [-0.3, -0.25) is 4.79 Å². The highest BCUT2D eigenvalue weighted by atomic mass is 16.5. The number of nitrogens with one attached hydrogen (secondary N) is 1. The van der Waals surface area contributed by atoms with Gasteiger partial charge in [-0.05, 0) is 30.4 Å². The van der Waals surface area contributed by atoms with Gasteiger partial charge in [0, 0.05) is 11.6 Å². The number of para-hydroxylation sites is 1. The Morgan fingerprint density at radius 2 is 2.04 bits per heavy atom. The van der Waals surface area contributed by atoms with Crippen LogP contribution in [-0.2, 0) is 14.3 Å². The van der Waals surface area contributed by atoms with Crippen LogP contribution in [0.4, 0.5) is 0 Å². The van der Waals surface area contributed by atoms with E-state index >= 15 is 0 Å². The Kier molecular flexibility index (Phi) is 5.41. The molecule has 0 radical (unpaired) electrons. The van der Waals surface area contributed by atoms with Crippen LogP contribution in [0.3, 0.4) is 0 Å². The Morgan fingerprint density at radius 1 is 1.24 bits per heavy atom. The molecule has 1 aromatic rings. The molecule has 3 rings (SSSR count). The lowest BCUT2D eigenvalue weighted by atomic mass is 9.78. The van der Waals surface area contributed by atoms with E-state index in [1.807, 2.05) is 24.3 Å². The van der Waals surface area contributed by atoms with Gasteiger partial charge in [0.1, 0.15) is 12.4 Å². The van der Waals surface area contributed by atoms with E-state index in [1.54, 1.807) is 6.08 Å². The van der Waals surface area contributed by atoms with Crippen molar-refractivity contribution in [2.75, 3.05) is 13.2 Å². The van der Waals surface area contributed by atoms with Gasteiger partial charge in [-0.2, -0.15) is 0 Å². The number of rotatable bonds is 4. The lowest BCUT2D eigenvalue weighted by molar-refractivity contribution is -0.145. The minimum absolute atomic E-state index is 0.161. The van der Waals surface area contributed by atoms with E-state index in [1.165, 1.54) is 6.42 Å². The number of esters is 1. The second kappa shape index (κ2) is 7.72. The van der Waals surface area contributed by atoms with Gasteiger partial charge in [0.15, 0.2) is 6.61 Å². The molecular weight excluding hydrogens is 318 g/mol. The van der Waals surface area contributed by atoms with Crippen LogP contribution >= 0.6 is 0 Å². The van der Waals surface area contributed by atoms with Crippen LogP contribution in [-0.4, -0.2) is 31.1 Å². The monoisotopic (exact) mass is 343 g/mol. The molecule has 0 bridgehead atoms. The fraction of sp³-hybridized carbons (Fsp3) is 0.500. The molecule has 1 fully saturated rings. The van der Waals surface area contributed by atoms with Crippen molar-refractivity contribution in [1.82, 2.24) is 5.32 Å². The van der Waals surface area contributed by atoms with Gasteiger partial charge in [-0.15, -0.1) is 0 Å². The molecule has 0 aromatic heterocycles. The van der Waals surface area contributed by atoms with Gasteiger partial charge < -0.3 is 14.8 Å². The molecule has 1 aliphatic heterocycles. The summed E-state index contributed by atoms with van der Waals surface area (Å²) in [6, 6.07) is 7.66. The molecule has 5 nitrogen and oxygen atoms in total. The van der Waals surface area contributed by atoms with Gasteiger partial charge in [0.05, 0.1) is 5.57 Å². The maximum Gasteiger partial charge on any atom is 0.338 e. The summed E-state index contributed by atoms with van der Waals surface area (Å²) < 4.78 is 10.7. The summed E-state index contributed by atoms with van der Waals surface area (Å²) in [6.45, 7) is 4.29. The molecule has 2 aliphatic rings. The second-order valence-electron chi connectivity index (χ2n) is 7.01. The molecule has 1 saturated carbocycles. The quantitative estimate of drug-likeness (QED) is 0.854. The molecule has 134 valence electrons. The first-order valence-corrected chi connectivity index (χ1v) is 8.93. The topological polar surface area (TPSA) is 64.6 Å². The van der Waals surface area contributed by atoms with E-state index in [9.17, 15) is 9.59 Å². The maximum absolute atomic E-state index is 12.2. The van der Waals surface area contributed by atoms with Crippen LogP contribution in [0.5, 0.6) is 5.75 Å². The van der Waals surface area contributed by atoms with Crippen LogP contribution in [0.1, 0.15) is 38.7 Å². The van der Waals surface area contributed by atoms with Crippen LogP contribution in [0.15, 0.2) is 29.8 Å². The number of fused-ring (bicyclic) bond motifs is 1. The number of benzene rings is 1. The zero-order valence-electron chi connectivity index (χ0n) is 14.8. The Labute approximate surface area is 148 Å². The summed E-state index contributed by atoms with van der Waals surface area (Å²) in [6.07, 6.45) is 5.07. The molecule has 5 heteroatoms. The van der Waals surface area contributed by atoms with Crippen molar-refractivity contribution in [2.24, 2.45) is 11.8 Å². The van der Waals surface area contributed by atoms with Crippen LogP contribution in [0.25, 0.3) is 6.08 Å². The first kappa shape index (κ1) is 17.5. The molecule has 1 heterocycles. The summed E-state index contributed by atoms with van der Waals surface area (Å²) in [4.78, 5) is 24.3. The van der Waals surface area contributed by atoms with Crippen molar-refractivity contribution >= 4 is 18.0 Å². The number of carbonyl (C=O) groups is 2. The smallest absolute Gasteiger partial charge is 0.338 e. The van der Waals surface area contributed by atoms with Gasteiger partial charge in [0.2, 0.25) is 0 Å². The van der Waals surface area contributed by atoms with Crippen molar-refractivity contribution in [3.8, 4) is 5.75 Å². The Balaban J connectivity index is 1.51. The third-order valence-corrected chi connectivity index (χ3v) is 5.28. The fourth-order valence-electron chi connectivity index (χ4n) is 3.49.